The molecular weight excluding hydrogens is 227 g/mol. The number of halogens is 2. The van der Waals surface area contributed by atoms with Crippen LogP contribution in [0.3, 0.4) is 0 Å². The Bertz CT molecular complexity index is 240. The zero-order valence-corrected chi connectivity index (χ0v) is 9.10. The average molecular weight is 241 g/mol. The van der Waals surface area contributed by atoms with E-state index in [1.807, 2.05) is 0 Å². The zero-order chi connectivity index (χ0) is 10.6. The number of esters is 1. The number of hydrogen-bond donors (Lipinski definition) is 2. The highest BCUT2D eigenvalue weighted by Gasteiger charge is 2.29. The minimum atomic E-state index is -0.983. The first-order valence-corrected chi connectivity index (χ1v) is 4.35. The lowest BCUT2D eigenvalue weighted by Crippen LogP contribution is -2.42. The summed E-state index contributed by atoms with van der Waals surface area (Å²) in [6.45, 7) is 0.0147. The van der Waals surface area contributed by atoms with Gasteiger partial charge in [0, 0.05) is 13.0 Å². The van der Waals surface area contributed by atoms with Gasteiger partial charge in [0.2, 0.25) is 5.91 Å². The SMILES string of the molecule is COC(=O)CNC(=O)[C@H]1C[C@H](F)CN1.Cl. The van der Waals surface area contributed by atoms with E-state index >= 15 is 0 Å². The molecule has 1 aliphatic rings. The maximum atomic E-state index is 12.7. The number of nitrogens with one attached hydrogen (secondary N) is 2. The van der Waals surface area contributed by atoms with Crippen LogP contribution in [0, 0.1) is 0 Å². The van der Waals surface area contributed by atoms with Crippen LogP contribution in [0.1, 0.15) is 6.42 Å². The quantitative estimate of drug-likeness (QED) is 0.647. The Balaban J connectivity index is 0.00000196. The number of alkyl halides is 1. The van der Waals surface area contributed by atoms with E-state index in [4.69, 9.17) is 0 Å². The lowest BCUT2D eigenvalue weighted by Gasteiger charge is -2.09. The fourth-order valence-electron chi connectivity index (χ4n) is 1.25. The molecule has 88 valence electrons. The summed E-state index contributed by atoms with van der Waals surface area (Å²) < 4.78 is 17.0. The number of rotatable bonds is 3. The molecule has 0 bridgehead atoms. The van der Waals surface area contributed by atoms with Crippen molar-refractivity contribution in [3.63, 3.8) is 0 Å². The maximum absolute atomic E-state index is 12.7. The van der Waals surface area contributed by atoms with Crippen LogP contribution in [-0.2, 0) is 14.3 Å². The van der Waals surface area contributed by atoms with Crippen molar-refractivity contribution in [3.8, 4) is 0 Å². The number of methoxy groups -OCH3 is 1. The normalized spacial score (nSPS) is 24.1. The largest absolute Gasteiger partial charge is 0.468 e. The van der Waals surface area contributed by atoms with E-state index in [0.29, 0.717) is 0 Å². The molecule has 0 saturated carbocycles. The predicted molar refractivity (Wildman–Crippen MR) is 53.6 cm³/mol. The van der Waals surface area contributed by atoms with Gasteiger partial charge in [-0.05, 0) is 0 Å². The molecule has 15 heavy (non-hydrogen) atoms. The Kier molecular flexibility index (Phi) is 6.19. The Morgan fingerprint density at radius 3 is 2.73 bits per heavy atom. The van der Waals surface area contributed by atoms with Gasteiger partial charge in [0.15, 0.2) is 0 Å². The third kappa shape index (κ3) is 4.44. The minimum absolute atomic E-state index is 0. The Labute approximate surface area is 93.1 Å². The van der Waals surface area contributed by atoms with Crippen molar-refractivity contribution in [1.29, 1.82) is 0 Å². The van der Waals surface area contributed by atoms with Crippen LogP contribution in [0.15, 0.2) is 0 Å². The van der Waals surface area contributed by atoms with Gasteiger partial charge in [-0.3, -0.25) is 9.59 Å². The number of amides is 1. The highest BCUT2D eigenvalue weighted by molar-refractivity contribution is 5.86. The first-order chi connectivity index (χ1) is 6.63. The van der Waals surface area contributed by atoms with E-state index in [9.17, 15) is 14.0 Å². The Morgan fingerprint density at radius 2 is 2.27 bits per heavy atom. The molecule has 1 amide bonds. The van der Waals surface area contributed by atoms with E-state index in [1.54, 1.807) is 0 Å². The van der Waals surface area contributed by atoms with Crippen molar-refractivity contribution < 1.29 is 18.7 Å². The number of hydrogen-bond acceptors (Lipinski definition) is 4. The van der Waals surface area contributed by atoms with Gasteiger partial charge in [0.05, 0.1) is 13.2 Å². The Hall–Kier alpha value is -0.880. The molecule has 0 radical (unpaired) electrons. The topological polar surface area (TPSA) is 67.4 Å². The molecule has 1 fully saturated rings. The van der Waals surface area contributed by atoms with Crippen molar-refractivity contribution in [2.75, 3.05) is 20.2 Å². The third-order valence-corrected chi connectivity index (χ3v) is 2.03. The molecule has 2 N–H and O–H groups in total. The molecule has 5 nitrogen and oxygen atoms in total. The molecule has 1 saturated heterocycles. The summed E-state index contributed by atoms with van der Waals surface area (Å²) in [5, 5.41) is 5.06. The lowest BCUT2D eigenvalue weighted by atomic mass is 10.2. The number of carbonyl (C=O) groups is 2. The van der Waals surface area contributed by atoms with Crippen LogP contribution in [0.25, 0.3) is 0 Å². The number of carbonyl (C=O) groups excluding carboxylic acids is 2. The standard InChI is InChI=1S/C8H13FN2O3.ClH/c1-14-7(12)4-11-8(13)6-2-5(9)3-10-6;/h5-6,10H,2-4H2,1H3,(H,11,13);1H/t5-,6+;/m0./s1. The van der Waals surface area contributed by atoms with Crippen molar-refractivity contribution in [2.45, 2.75) is 18.6 Å². The molecule has 0 spiro atoms. The van der Waals surface area contributed by atoms with Crippen molar-refractivity contribution >= 4 is 24.3 Å². The summed E-state index contributed by atoms with van der Waals surface area (Å²) in [4.78, 5) is 21.9. The smallest absolute Gasteiger partial charge is 0.325 e. The van der Waals surface area contributed by atoms with Gasteiger partial charge in [0.1, 0.15) is 12.7 Å². The summed E-state index contributed by atoms with van der Waals surface area (Å²) in [6, 6.07) is -0.533. The molecule has 0 unspecified atom stereocenters. The van der Waals surface area contributed by atoms with E-state index in [2.05, 4.69) is 15.4 Å². The summed E-state index contributed by atoms with van der Waals surface area (Å²) in [5.74, 6) is -0.885. The molecule has 0 aromatic heterocycles. The molecular formula is C8H14ClFN2O3. The second-order valence-corrected chi connectivity index (χ2v) is 3.09. The molecule has 0 aromatic rings. The van der Waals surface area contributed by atoms with Gasteiger partial charge in [-0.15, -0.1) is 12.4 Å². The van der Waals surface area contributed by atoms with Gasteiger partial charge >= 0.3 is 5.97 Å². The van der Waals surface area contributed by atoms with Crippen LogP contribution in [0.5, 0.6) is 0 Å². The second-order valence-electron chi connectivity index (χ2n) is 3.09. The molecule has 1 heterocycles. The summed E-state index contributed by atoms with van der Waals surface area (Å²) in [7, 11) is 1.24. The molecule has 1 rings (SSSR count). The Morgan fingerprint density at radius 1 is 1.60 bits per heavy atom. The second kappa shape index (κ2) is 6.58. The number of ether oxygens (including phenoxy) is 1. The first-order valence-electron chi connectivity index (χ1n) is 4.35. The van der Waals surface area contributed by atoms with E-state index in [1.165, 1.54) is 7.11 Å². The molecule has 7 heteroatoms. The van der Waals surface area contributed by atoms with Crippen LogP contribution < -0.4 is 10.6 Å². The van der Waals surface area contributed by atoms with Crippen LogP contribution >= 0.6 is 12.4 Å². The first kappa shape index (κ1) is 14.1. The summed E-state index contributed by atoms with van der Waals surface area (Å²) in [5.41, 5.74) is 0. The zero-order valence-electron chi connectivity index (χ0n) is 8.29. The highest BCUT2D eigenvalue weighted by Crippen LogP contribution is 2.09. The van der Waals surface area contributed by atoms with Gasteiger partial charge < -0.3 is 15.4 Å². The van der Waals surface area contributed by atoms with E-state index in [-0.39, 0.29) is 37.8 Å². The monoisotopic (exact) mass is 240 g/mol. The molecule has 1 aliphatic heterocycles. The predicted octanol–water partition coefficient (Wildman–Crippen LogP) is -0.603. The van der Waals surface area contributed by atoms with E-state index < -0.39 is 18.2 Å². The summed E-state index contributed by atoms with van der Waals surface area (Å²) >= 11 is 0. The van der Waals surface area contributed by atoms with Gasteiger partial charge in [-0.1, -0.05) is 0 Å². The summed E-state index contributed by atoms with van der Waals surface area (Å²) in [6.07, 6.45) is -0.823. The van der Waals surface area contributed by atoms with Crippen molar-refractivity contribution in [3.05, 3.63) is 0 Å². The lowest BCUT2D eigenvalue weighted by molar-refractivity contribution is -0.141. The van der Waals surface area contributed by atoms with Crippen LogP contribution in [-0.4, -0.2) is 44.3 Å². The third-order valence-electron chi connectivity index (χ3n) is 2.03. The van der Waals surface area contributed by atoms with Crippen LogP contribution in [0.2, 0.25) is 0 Å². The van der Waals surface area contributed by atoms with Crippen LogP contribution in [0.4, 0.5) is 4.39 Å². The highest BCUT2D eigenvalue weighted by atomic mass is 35.5. The molecule has 0 aliphatic carbocycles. The minimum Gasteiger partial charge on any atom is -0.468 e. The average Bonchev–Trinajstić information content (AvgIpc) is 2.60. The van der Waals surface area contributed by atoms with Crippen molar-refractivity contribution in [2.24, 2.45) is 0 Å². The van der Waals surface area contributed by atoms with Crippen molar-refractivity contribution in [1.82, 2.24) is 10.6 Å². The van der Waals surface area contributed by atoms with E-state index in [0.717, 1.165) is 0 Å². The fraction of sp³-hybridized carbons (Fsp3) is 0.750. The fourth-order valence-corrected chi connectivity index (χ4v) is 1.25. The molecule has 0 aromatic carbocycles. The molecule has 2 atom stereocenters. The van der Waals surface area contributed by atoms with Gasteiger partial charge in [-0.2, -0.15) is 0 Å². The van der Waals surface area contributed by atoms with Gasteiger partial charge in [0.25, 0.3) is 0 Å². The van der Waals surface area contributed by atoms with Gasteiger partial charge in [-0.25, -0.2) is 4.39 Å². The maximum Gasteiger partial charge on any atom is 0.325 e.